The van der Waals surface area contributed by atoms with E-state index in [1.165, 1.54) is 0 Å². The molecule has 34 heavy (non-hydrogen) atoms. The van der Waals surface area contributed by atoms with Crippen LogP contribution in [0.15, 0.2) is 90.0 Å². The van der Waals surface area contributed by atoms with Crippen LogP contribution in [0, 0.1) is 0 Å². The molecule has 8 heteroatoms. The zero-order chi connectivity index (χ0) is 24.3. The monoisotopic (exact) mass is 476 g/mol. The fraction of sp³-hybridized carbons (Fsp3) is 0.192. The van der Waals surface area contributed by atoms with Crippen LogP contribution >= 0.6 is 0 Å². The molecule has 0 aliphatic carbocycles. The number of benzene rings is 3. The zero-order valence-corrected chi connectivity index (χ0v) is 20.2. The Bertz CT molecular complexity index is 1350. The predicted octanol–water partition coefficient (Wildman–Crippen LogP) is 4.39. The molecule has 0 amide bonds. The molecule has 1 heterocycles. The van der Waals surface area contributed by atoms with Crippen LogP contribution in [0.5, 0.6) is 5.75 Å². The number of sulfonamides is 1. The Morgan fingerprint density at radius 2 is 1.65 bits per heavy atom. The van der Waals surface area contributed by atoms with E-state index in [0.717, 1.165) is 33.8 Å². The molecule has 0 fully saturated rings. The van der Waals surface area contributed by atoms with E-state index in [1.807, 2.05) is 66.3 Å². The van der Waals surface area contributed by atoms with E-state index in [9.17, 15) is 8.42 Å². The van der Waals surface area contributed by atoms with Crippen molar-refractivity contribution >= 4 is 10.0 Å². The van der Waals surface area contributed by atoms with Gasteiger partial charge in [-0.1, -0.05) is 30.3 Å². The Kier molecular flexibility index (Phi) is 6.83. The second-order valence-electron chi connectivity index (χ2n) is 8.22. The van der Waals surface area contributed by atoms with Gasteiger partial charge in [0.1, 0.15) is 5.75 Å². The molecule has 0 aliphatic rings. The van der Waals surface area contributed by atoms with Crippen LogP contribution in [0.1, 0.15) is 24.1 Å². The Morgan fingerprint density at radius 3 is 2.24 bits per heavy atom. The molecule has 3 aromatic carbocycles. The lowest BCUT2D eigenvalue weighted by molar-refractivity contribution is 0.253. The van der Waals surface area contributed by atoms with Crippen LogP contribution in [0.25, 0.3) is 16.9 Å². The second-order valence-corrected chi connectivity index (χ2v) is 9.78. The standard InChI is InChI=1S/C26H28N4O3S/c1-19(20-11-15-25(16-12-20)34(27,31)32)29(2)17-22-18-30(23-7-5-4-6-8-23)28-26(22)21-9-13-24(33-3)14-10-21/h4-16,18-19H,17H2,1-3H3,(H2,27,31,32)/t19-/m1/s1. The first-order valence-corrected chi connectivity index (χ1v) is 12.4. The average Bonchev–Trinajstić information content (AvgIpc) is 3.27. The van der Waals surface area contributed by atoms with Crippen molar-refractivity contribution in [2.24, 2.45) is 5.14 Å². The van der Waals surface area contributed by atoms with Gasteiger partial charge in [-0.05, 0) is 68.1 Å². The molecule has 0 aliphatic heterocycles. The summed E-state index contributed by atoms with van der Waals surface area (Å²) in [5.41, 5.74) is 4.96. The normalized spacial score (nSPS) is 12.6. The summed E-state index contributed by atoms with van der Waals surface area (Å²) in [7, 11) is -0.0258. The number of rotatable bonds is 8. The highest BCUT2D eigenvalue weighted by atomic mass is 32.2. The molecule has 0 unspecified atom stereocenters. The average molecular weight is 477 g/mol. The fourth-order valence-electron chi connectivity index (χ4n) is 3.83. The third kappa shape index (κ3) is 5.20. The number of hydrogen-bond donors (Lipinski definition) is 1. The number of para-hydroxylation sites is 1. The lowest BCUT2D eigenvalue weighted by Gasteiger charge is -2.25. The van der Waals surface area contributed by atoms with Gasteiger partial charge in [-0.15, -0.1) is 0 Å². The zero-order valence-electron chi connectivity index (χ0n) is 19.4. The SMILES string of the molecule is COc1ccc(-c2nn(-c3ccccc3)cc2CN(C)[C@H](C)c2ccc(S(N)(=O)=O)cc2)cc1. The van der Waals surface area contributed by atoms with E-state index in [0.29, 0.717) is 6.54 Å². The molecular formula is C26H28N4O3S. The van der Waals surface area contributed by atoms with Gasteiger partial charge in [-0.3, -0.25) is 4.90 Å². The highest BCUT2D eigenvalue weighted by Gasteiger charge is 2.19. The second kappa shape index (κ2) is 9.80. The van der Waals surface area contributed by atoms with Gasteiger partial charge in [-0.2, -0.15) is 5.10 Å². The van der Waals surface area contributed by atoms with Gasteiger partial charge in [0.25, 0.3) is 0 Å². The van der Waals surface area contributed by atoms with Crippen LogP contribution in [0.2, 0.25) is 0 Å². The number of aromatic nitrogens is 2. The molecule has 0 saturated carbocycles. The Morgan fingerprint density at radius 1 is 1.00 bits per heavy atom. The molecular weight excluding hydrogens is 448 g/mol. The van der Waals surface area contributed by atoms with Crippen molar-refractivity contribution < 1.29 is 13.2 Å². The predicted molar refractivity (Wildman–Crippen MR) is 133 cm³/mol. The Hall–Kier alpha value is -3.46. The highest BCUT2D eigenvalue weighted by molar-refractivity contribution is 7.89. The van der Waals surface area contributed by atoms with Gasteiger partial charge < -0.3 is 4.74 Å². The number of primary sulfonamides is 1. The Balaban J connectivity index is 1.64. The van der Waals surface area contributed by atoms with Gasteiger partial charge in [0.05, 0.1) is 23.4 Å². The summed E-state index contributed by atoms with van der Waals surface area (Å²) in [5, 5.41) is 10.1. The van der Waals surface area contributed by atoms with Gasteiger partial charge in [-0.25, -0.2) is 18.2 Å². The first-order chi connectivity index (χ1) is 16.3. The van der Waals surface area contributed by atoms with Crippen molar-refractivity contribution in [3.8, 4) is 22.7 Å². The van der Waals surface area contributed by atoms with E-state index in [4.69, 9.17) is 15.0 Å². The summed E-state index contributed by atoms with van der Waals surface area (Å²) in [6, 6.07) is 24.6. The number of hydrogen-bond acceptors (Lipinski definition) is 5. The van der Waals surface area contributed by atoms with Crippen LogP contribution in [0.3, 0.4) is 0 Å². The maximum absolute atomic E-state index is 11.6. The summed E-state index contributed by atoms with van der Waals surface area (Å²) in [6.07, 6.45) is 2.06. The third-order valence-electron chi connectivity index (χ3n) is 5.95. The summed E-state index contributed by atoms with van der Waals surface area (Å²) in [6.45, 7) is 2.73. The topological polar surface area (TPSA) is 90.4 Å². The lowest BCUT2D eigenvalue weighted by atomic mass is 10.0. The minimum Gasteiger partial charge on any atom is -0.497 e. The van der Waals surface area contributed by atoms with E-state index < -0.39 is 10.0 Å². The smallest absolute Gasteiger partial charge is 0.238 e. The molecule has 4 rings (SSSR count). The van der Waals surface area contributed by atoms with Crippen molar-refractivity contribution in [1.82, 2.24) is 14.7 Å². The van der Waals surface area contributed by atoms with Gasteiger partial charge in [0, 0.05) is 29.9 Å². The molecule has 0 saturated heterocycles. The fourth-order valence-corrected chi connectivity index (χ4v) is 4.34. The first kappa shape index (κ1) is 23.7. The minimum absolute atomic E-state index is 0.0401. The van der Waals surface area contributed by atoms with Crippen molar-refractivity contribution in [2.75, 3.05) is 14.2 Å². The molecule has 7 nitrogen and oxygen atoms in total. The van der Waals surface area contributed by atoms with Crippen LogP contribution < -0.4 is 9.88 Å². The molecule has 0 radical (unpaired) electrons. The van der Waals surface area contributed by atoms with E-state index in [2.05, 4.69) is 18.0 Å². The molecule has 4 aromatic rings. The number of methoxy groups -OCH3 is 1. The van der Waals surface area contributed by atoms with Crippen LogP contribution in [-0.2, 0) is 16.6 Å². The van der Waals surface area contributed by atoms with E-state index >= 15 is 0 Å². The summed E-state index contributed by atoms with van der Waals surface area (Å²) in [4.78, 5) is 2.31. The summed E-state index contributed by atoms with van der Waals surface area (Å²) in [5.74, 6) is 0.793. The van der Waals surface area contributed by atoms with Crippen molar-refractivity contribution in [3.05, 3.63) is 96.2 Å². The van der Waals surface area contributed by atoms with E-state index in [-0.39, 0.29) is 10.9 Å². The van der Waals surface area contributed by atoms with E-state index in [1.54, 1.807) is 31.4 Å². The minimum atomic E-state index is -3.71. The maximum atomic E-state index is 11.6. The molecule has 0 spiro atoms. The van der Waals surface area contributed by atoms with Gasteiger partial charge in [0.15, 0.2) is 0 Å². The van der Waals surface area contributed by atoms with Crippen LogP contribution in [0.4, 0.5) is 0 Å². The van der Waals surface area contributed by atoms with Gasteiger partial charge >= 0.3 is 0 Å². The molecule has 1 atom stereocenters. The quantitative estimate of drug-likeness (QED) is 0.407. The maximum Gasteiger partial charge on any atom is 0.238 e. The molecule has 1 aromatic heterocycles. The summed E-state index contributed by atoms with van der Waals surface area (Å²) >= 11 is 0. The van der Waals surface area contributed by atoms with Gasteiger partial charge in [0.2, 0.25) is 10.0 Å². The summed E-state index contributed by atoms with van der Waals surface area (Å²) < 4.78 is 30.3. The Labute approximate surface area is 200 Å². The van der Waals surface area contributed by atoms with Crippen LogP contribution in [-0.4, -0.2) is 37.3 Å². The number of nitrogens with two attached hydrogens (primary N) is 1. The number of ether oxygens (including phenoxy) is 1. The highest BCUT2D eigenvalue weighted by Crippen LogP contribution is 2.29. The van der Waals surface area contributed by atoms with Crippen molar-refractivity contribution in [1.29, 1.82) is 0 Å². The number of nitrogens with zero attached hydrogens (tertiary/aromatic N) is 3. The first-order valence-electron chi connectivity index (χ1n) is 10.9. The van der Waals surface area contributed by atoms with Crippen molar-refractivity contribution in [3.63, 3.8) is 0 Å². The molecule has 176 valence electrons. The third-order valence-corrected chi connectivity index (χ3v) is 6.88. The largest absolute Gasteiger partial charge is 0.497 e. The van der Waals surface area contributed by atoms with Crippen molar-refractivity contribution in [2.45, 2.75) is 24.4 Å². The molecule has 0 bridgehead atoms. The molecule has 2 N–H and O–H groups in total. The lowest BCUT2D eigenvalue weighted by Crippen LogP contribution is -2.22.